The number of hydrogen-bond donors (Lipinski definition) is 1. The number of halogens is 1. The van der Waals surface area contributed by atoms with Gasteiger partial charge in [0, 0.05) is 17.5 Å². The van der Waals surface area contributed by atoms with Crippen LogP contribution in [0.25, 0.3) is 10.9 Å². The summed E-state index contributed by atoms with van der Waals surface area (Å²) >= 11 is 0. The number of anilines is 1. The van der Waals surface area contributed by atoms with Gasteiger partial charge in [-0.15, -0.1) is 10.2 Å². The summed E-state index contributed by atoms with van der Waals surface area (Å²) in [4.78, 5) is 17.4. The Morgan fingerprint density at radius 3 is 2.67 bits per heavy atom. The molecule has 0 radical (unpaired) electrons. The maximum absolute atomic E-state index is 13.7. The molecule has 0 saturated heterocycles. The largest absolute Gasteiger partial charge is 0.490 e. The van der Waals surface area contributed by atoms with E-state index < -0.39 is 0 Å². The second-order valence-corrected chi connectivity index (χ2v) is 9.35. The molecule has 2 aromatic heterocycles. The van der Waals surface area contributed by atoms with Crippen molar-refractivity contribution in [3.8, 4) is 11.8 Å². The number of pyridine rings is 1. The van der Waals surface area contributed by atoms with Gasteiger partial charge in [-0.25, -0.2) is 4.39 Å². The quantitative estimate of drug-likeness (QED) is 0.616. The lowest BCUT2D eigenvalue weighted by Gasteiger charge is -2.22. The number of fused-ring (bicyclic) bond motifs is 2. The number of ether oxygens (including phenoxy) is 1. The molecule has 3 aliphatic carbocycles. The van der Waals surface area contributed by atoms with Gasteiger partial charge in [-0.2, -0.15) is 5.26 Å². The molecule has 33 heavy (non-hydrogen) atoms. The first-order valence-electron chi connectivity index (χ1n) is 11.4. The standard InChI is InChI=1S/C25H22FN5O2/c26-14-3-5-20-19(9-14)21(7-8-28-20)33-16-10-17-18(11-16)24(17)23(13-1-2-13)25(32)29-22-6-4-15(12-27)30-31-22/h3-9,13,16-18,23-24H,1-2,10-11H2,(H,29,31,32)/t16?,17-,18+,23?,24?. The number of benzene rings is 1. The van der Waals surface area contributed by atoms with Gasteiger partial charge in [-0.1, -0.05) is 0 Å². The van der Waals surface area contributed by atoms with Crippen molar-refractivity contribution in [1.29, 1.82) is 5.26 Å². The van der Waals surface area contributed by atoms with Crippen molar-refractivity contribution < 1.29 is 13.9 Å². The first-order chi connectivity index (χ1) is 16.1. The molecule has 3 unspecified atom stereocenters. The van der Waals surface area contributed by atoms with Gasteiger partial charge >= 0.3 is 0 Å². The fraction of sp³-hybridized carbons (Fsp3) is 0.400. The van der Waals surface area contributed by atoms with Gasteiger partial charge in [0.05, 0.1) is 11.6 Å². The topological polar surface area (TPSA) is 101 Å². The zero-order valence-corrected chi connectivity index (χ0v) is 17.8. The minimum atomic E-state index is -0.306. The highest BCUT2D eigenvalue weighted by Gasteiger charge is 2.63. The monoisotopic (exact) mass is 443 g/mol. The normalized spacial score (nSPS) is 26.3. The smallest absolute Gasteiger partial charge is 0.229 e. The van der Waals surface area contributed by atoms with Crippen molar-refractivity contribution in [1.82, 2.24) is 15.2 Å². The molecule has 2 heterocycles. The molecule has 0 aliphatic heterocycles. The summed E-state index contributed by atoms with van der Waals surface area (Å²) < 4.78 is 20.0. The predicted molar refractivity (Wildman–Crippen MR) is 117 cm³/mol. The number of amides is 1. The molecule has 3 aromatic rings. The van der Waals surface area contributed by atoms with E-state index in [2.05, 4.69) is 20.5 Å². The molecular formula is C25H22FN5O2. The third kappa shape index (κ3) is 3.78. The summed E-state index contributed by atoms with van der Waals surface area (Å²) in [5, 5.41) is 20.2. The van der Waals surface area contributed by atoms with Crippen molar-refractivity contribution >= 4 is 22.6 Å². The number of nitriles is 1. The second-order valence-electron chi connectivity index (χ2n) is 9.35. The summed E-state index contributed by atoms with van der Waals surface area (Å²) in [6.45, 7) is 0. The summed E-state index contributed by atoms with van der Waals surface area (Å²) in [6.07, 6.45) is 5.73. The van der Waals surface area contributed by atoms with Gasteiger partial charge in [0.2, 0.25) is 5.91 Å². The number of rotatable bonds is 6. The SMILES string of the molecule is N#Cc1ccc(NC(=O)C(C2CC2)C2[C@H]3CC(Oc4ccnc5ccc(F)cc45)C[C@@H]23)nn1. The number of carbonyl (C=O) groups excluding carboxylic acids is 1. The third-order valence-electron chi connectivity index (χ3n) is 7.30. The van der Waals surface area contributed by atoms with E-state index in [4.69, 9.17) is 10.00 Å². The molecule has 3 aliphatic rings. The highest BCUT2D eigenvalue weighted by molar-refractivity contribution is 5.92. The molecule has 1 N–H and O–H groups in total. The molecule has 6 rings (SSSR count). The molecule has 1 aromatic carbocycles. The van der Waals surface area contributed by atoms with Gasteiger partial charge in [0.15, 0.2) is 11.5 Å². The zero-order valence-electron chi connectivity index (χ0n) is 17.8. The molecular weight excluding hydrogens is 421 g/mol. The summed E-state index contributed by atoms with van der Waals surface area (Å²) in [5.74, 6) is 2.48. The average Bonchev–Trinajstić information content (AvgIpc) is 3.73. The first kappa shape index (κ1) is 20.0. The van der Waals surface area contributed by atoms with Crippen molar-refractivity contribution in [3.63, 3.8) is 0 Å². The second kappa shape index (κ2) is 7.77. The summed E-state index contributed by atoms with van der Waals surface area (Å²) in [5.41, 5.74) is 0.936. The molecule has 166 valence electrons. The Morgan fingerprint density at radius 1 is 1.15 bits per heavy atom. The van der Waals surface area contributed by atoms with Crippen LogP contribution in [0.15, 0.2) is 42.6 Å². The van der Waals surface area contributed by atoms with E-state index in [1.165, 1.54) is 12.1 Å². The van der Waals surface area contributed by atoms with E-state index in [0.717, 1.165) is 25.7 Å². The highest BCUT2D eigenvalue weighted by atomic mass is 19.1. The van der Waals surface area contributed by atoms with E-state index in [0.29, 0.717) is 46.1 Å². The molecule has 3 fully saturated rings. The van der Waals surface area contributed by atoms with Crippen LogP contribution >= 0.6 is 0 Å². The maximum Gasteiger partial charge on any atom is 0.229 e. The Labute approximate surface area is 190 Å². The van der Waals surface area contributed by atoms with Gasteiger partial charge in [-0.05, 0) is 85.8 Å². The minimum absolute atomic E-state index is 0.00368. The van der Waals surface area contributed by atoms with Crippen LogP contribution in [-0.2, 0) is 4.79 Å². The van der Waals surface area contributed by atoms with Crippen LogP contribution in [0.4, 0.5) is 10.2 Å². The number of nitrogens with zero attached hydrogens (tertiary/aromatic N) is 4. The Kier molecular flexibility index (Phi) is 4.72. The number of hydrogen-bond acceptors (Lipinski definition) is 6. The van der Waals surface area contributed by atoms with Crippen LogP contribution in [0, 0.1) is 46.7 Å². The minimum Gasteiger partial charge on any atom is -0.490 e. The fourth-order valence-electron chi connectivity index (χ4n) is 5.67. The predicted octanol–water partition coefficient (Wildman–Crippen LogP) is 4.10. The molecule has 1 amide bonds. The lowest BCUT2D eigenvalue weighted by Crippen LogP contribution is -2.29. The zero-order chi connectivity index (χ0) is 22.5. The Balaban J connectivity index is 1.12. The molecule has 7 nitrogen and oxygen atoms in total. The van der Waals surface area contributed by atoms with E-state index in [-0.39, 0.29) is 29.4 Å². The average molecular weight is 443 g/mol. The maximum atomic E-state index is 13.7. The number of carbonyl (C=O) groups is 1. The van der Waals surface area contributed by atoms with Crippen LogP contribution in [0.2, 0.25) is 0 Å². The molecule has 8 heteroatoms. The lowest BCUT2D eigenvalue weighted by molar-refractivity contribution is -0.121. The van der Waals surface area contributed by atoms with Crippen LogP contribution in [0.1, 0.15) is 31.4 Å². The number of aromatic nitrogens is 3. The van der Waals surface area contributed by atoms with E-state index >= 15 is 0 Å². The van der Waals surface area contributed by atoms with Crippen LogP contribution < -0.4 is 10.1 Å². The molecule has 0 spiro atoms. The lowest BCUT2D eigenvalue weighted by atomic mass is 9.91. The van der Waals surface area contributed by atoms with Crippen molar-refractivity contribution in [2.24, 2.45) is 29.6 Å². The highest BCUT2D eigenvalue weighted by Crippen LogP contribution is 2.64. The van der Waals surface area contributed by atoms with Crippen molar-refractivity contribution in [3.05, 3.63) is 54.1 Å². The van der Waals surface area contributed by atoms with Crippen LogP contribution in [0.3, 0.4) is 0 Å². The van der Waals surface area contributed by atoms with E-state index in [9.17, 15) is 9.18 Å². The van der Waals surface area contributed by atoms with E-state index in [1.807, 2.05) is 6.07 Å². The van der Waals surface area contributed by atoms with Crippen molar-refractivity contribution in [2.75, 3.05) is 5.32 Å². The fourth-order valence-corrected chi connectivity index (χ4v) is 5.67. The van der Waals surface area contributed by atoms with Gasteiger partial charge in [-0.3, -0.25) is 9.78 Å². The van der Waals surface area contributed by atoms with Crippen molar-refractivity contribution in [2.45, 2.75) is 31.8 Å². The third-order valence-corrected chi connectivity index (χ3v) is 7.30. The Bertz CT molecular complexity index is 1260. The van der Waals surface area contributed by atoms with E-state index in [1.54, 1.807) is 30.5 Å². The van der Waals surface area contributed by atoms with Gasteiger partial charge in [0.1, 0.15) is 17.6 Å². The number of nitrogens with one attached hydrogen (secondary N) is 1. The molecule has 5 atom stereocenters. The molecule has 0 bridgehead atoms. The van der Waals surface area contributed by atoms with Gasteiger partial charge in [0.25, 0.3) is 0 Å². The Morgan fingerprint density at radius 2 is 1.97 bits per heavy atom. The Hall–Kier alpha value is -3.60. The van der Waals surface area contributed by atoms with Gasteiger partial charge < -0.3 is 10.1 Å². The first-order valence-corrected chi connectivity index (χ1v) is 11.4. The van der Waals surface area contributed by atoms with Crippen LogP contribution in [-0.4, -0.2) is 27.2 Å². The van der Waals surface area contributed by atoms with Crippen LogP contribution in [0.5, 0.6) is 5.75 Å². The molecule has 3 saturated carbocycles. The summed E-state index contributed by atoms with van der Waals surface area (Å²) in [6, 6.07) is 11.4. The summed E-state index contributed by atoms with van der Waals surface area (Å²) in [7, 11) is 0.